The first-order valence-corrected chi connectivity index (χ1v) is 5.32. The number of likely N-dealkylation sites (tertiary alicyclic amines) is 1. The molecule has 0 amide bonds. The van der Waals surface area contributed by atoms with E-state index in [1.165, 1.54) is 12.8 Å². The Hall–Kier alpha value is -0.290. The Labute approximate surface area is 109 Å². The van der Waals surface area contributed by atoms with Gasteiger partial charge in [-0.25, -0.2) is 4.98 Å². The molecule has 3 N–H and O–H groups in total. The third-order valence-corrected chi connectivity index (χ3v) is 2.94. The van der Waals surface area contributed by atoms with E-state index in [1.54, 1.807) is 0 Å². The lowest BCUT2D eigenvalue weighted by Crippen LogP contribution is -2.36. The van der Waals surface area contributed by atoms with Gasteiger partial charge in [0.15, 0.2) is 0 Å². The van der Waals surface area contributed by atoms with Gasteiger partial charge >= 0.3 is 0 Å². The highest BCUT2D eigenvalue weighted by molar-refractivity contribution is 5.85. The highest BCUT2D eigenvalue weighted by Crippen LogP contribution is 2.24. The molecule has 1 fully saturated rings. The number of rotatable bonds is 3. The van der Waals surface area contributed by atoms with E-state index in [1.807, 2.05) is 12.4 Å². The molecule has 0 saturated carbocycles. The maximum Gasteiger partial charge on any atom is 0.109 e. The zero-order valence-corrected chi connectivity index (χ0v) is 10.9. The van der Waals surface area contributed by atoms with Crippen LogP contribution in [0.15, 0.2) is 12.4 Å². The smallest absolute Gasteiger partial charge is 0.109 e. The summed E-state index contributed by atoms with van der Waals surface area (Å²) in [6.07, 6.45) is 6.14. The fourth-order valence-corrected chi connectivity index (χ4v) is 2.11. The molecule has 0 radical (unpaired) electrons. The number of aromatic nitrogens is 2. The SMILES string of the molecule is Cl.Cl.NCCN1CCC(c2ncc[nH]2)CC1. The van der Waals surface area contributed by atoms with E-state index < -0.39 is 0 Å². The molecule has 16 heavy (non-hydrogen) atoms. The molecular weight excluding hydrogens is 247 g/mol. The van der Waals surface area contributed by atoms with Crippen LogP contribution in [0.25, 0.3) is 0 Å². The van der Waals surface area contributed by atoms with E-state index >= 15 is 0 Å². The molecule has 0 aliphatic carbocycles. The van der Waals surface area contributed by atoms with E-state index in [2.05, 4.69) is 14.9 Å². The second-order valence-corrected chi connectivity index (χ2v) is 3.88. The highest BCUT2D eigenvalue weighted by Gasteiger charge is 2.21. The fourth-order valence-electron chi connectivity index (χ4n) is 2.11. The van der Waals surface area contributed by atoms with Crippen LogP contribution in [-0.4, -0.2) is 41.0 Å². The van der Waals surface area contributed by atoms with E-state index in [0.717, 1.165) is 32.0 Å². The van der Waals surface area contributed by atoms with Crippen molar-refractivity contribution in [2.24, 2.45) is 5.73 Å². The van der Waals surface area contributed by atoms with Crippen LogP contribution in [0.2, 0.25) is 0 Å². The average molecular weight is 267 g/mol. The van der Waals surface area contributed by atoms with Crippen LogP contribution in [-0.2, 0) is 0 Å². The Kier molecular flexibility index (Phi) is 7.76. The molecule has 2 heterocycles. The topological polar surface area (TPSA) is 57.9 Å². The minimum absolute atomic E-state index is 0. The van der Waals surface area contributed by atoms with E-state index in [4.69, 9.17) is 5.73 Å². The number of nitrogens with one attached hydrogen (secondary N) is 1. The van der Waals surface area contributed by atoms with Crippen LogP contribution < -0.4 is 5.73 Å². The van der Waals surface area contributed by atoms with Crippen molar-refractivity contribution in [1.29, 1.82) is 0 Å². The number of hydrogen-bond acceptors (Lipinski definition) is 3. The lowest BCUT2D eigenvalue weighted by Gasteiger charge is -2.30. The van der Waals surface area contributed by atoms with E-state index in [-0.39, 0.29) is 24.8 Å². The number of nitrogens with zero attached hydrogens (tertiary/aromatic N) is 2. The third kappa shape index (κ3) is 3.94. The largest absolute Gasteiger partial charge is 0.348 e. The first-order valence-electron chi connectivity index (χ1n) is 5.32. The zero-order chi connectivity index (χ0) is 9.80. The summed E-state index contributed by atoms with van der Waals surface area (Å²) >= 11 is 0. The molecule has 1 aliphatic rings. The maximum absolute atomic E-state index is 5.53. The molecule has 0 spiro atoms. The Morgan fingerprint density at radius 2 is 2.06 bits per heavy atom. The van der Waals surface area contributed by atoms with Crippen LogP contribution in [0.4, 0.5) is 0 Å². The van der Waals surface area contributed by atoms with Crippen molar-refractivity contribution >= 4 is 24.8 Å². The van der Waals surface area contributed by atoms with Crippen LogP contribution >= 0.6 is 24.8 Å². The first kappa shape index (κ1) is 15.7. The summed E-state index contributed by atoms with van der Waals surface area (Å²) in [7, 11) is 0. The lowest BCUT2D eigenvalue weighted by molar-refractivity contribution is 0.215. The van der Waals surface area contributed by atoms with Crippen molar-refractivity contribution in [1.82, 2.24) is 14.9 Å². The van der Waals surface area contributed by atoms with E-state index in [9.17, 15) is 0 Å². The Balaban J connectivity index is 0.00000112. The summed E-state index contributed by atoms with van der Waals surface area (Å²) in [4.78, 5) is 9.94. The van der Waals surface area contributed by atoms with Gasteiger partial charge in [0.05, 0.1) is 0 Å². The molecule has 1 aromatic heterocycles. The minimum atomic E-state index is 0. The molecular formula is C10H20Cl2N4. The molecule has 4 nitrogen and oxygen atoms in total. The molecule has 1 aromatic rings. The summed E-state index contributed by atoms with van der Waals surface area (Å²) in [5.41, 5.74) is 5.53. The summed E-state index contributed by atoms with van der Waals surface area (Å²) in [6.45, 7) is 4.11. The molecule has 0 aromatic carbocycles. The number of aromatic amines is 1. The Bertz CT molecular complexity index is 258. The zero-order valence-electron chi connectivity index (χ0n) is 9.26. The van der Waals surface area contributed by atoms with Gasteiger partial charge in [-0.3, -0.25) is 0 Å². The molecule has 6 heteroatoms. The summed E-state index contributed by atoms with van der Waals surface area (Å²) in [5.74, 6) is 1.77. The molecule has 1 saturated heterocycles. The molecule has 0 atom stereocenters. The number of halogens is 2. The molecule has 94 valence electrons. The van der Waals surface area contributed by atoms with Crippen LogP contribution in [0.5, 0.6) is 0 Å². The third-order valence-electron chi connectivity index (χ3n) is 2.94. The summed E-state index contributed by atoms with van der Waals surface area (Å²) in [5, 5.41) is 0. The Morgan fingerprint density at radius 1 is 1.38 bits per heavy atom. The quantitative estimate of drug-likeness (QED) is 0.870. The van der Waals surface area contributed by atoms with Crippen molar-refractivity contribution in [2.75, 3.05) is 26.2 Å². The number of hydrogen-bond donors (Lipinski definition) is 2. The fraction of sp³-hybridized carbons (Fsp3) is 0.700. The van der Waals surface area contributed by atoms with Crippen LogP contribution in [0.3, 0.4) is 0 Å². The molecule has 0 unspecified atom stereocenters. The van der Waals surface area contributed by atoms with Gasteiger partial charge in [0.1, 0.15) is 5.82 Å². The van der Waals surface area contributed by atoms with Gasteiger partial charge in [0, 0.05) is 31.4 Å². The van der Waals surface area contributed by atoms with Crippen molar-refractivity contribution in [2.45, 2.75) is 18.8 Å². The van der Waals surface area contributed by atoms with Gasteiger partial charge < -0.3 is 15.6 Å². The second-order valence-electron chi connectivity index (χ2n) is 3.88. The average Bonchev–Trinajstić information content (AvgIpc) is 2.72. The van der Waals surface area contributed by atoms with Crippen molar-refractivity contribution < 1.29 is 0 Å². The molecule has 2 rings (SSSR count). The monoisotopic (exact) mass is 266 g/mol. The normalized spacial score (nSPS) is 17.6. The van der Waals surface area contributed by atoms with Gasteiger partial charge in [0.2, 0.25) is 0 Å². The number of piperidine rings is 1. The van der Waals surface area contributed by atoms with Gasteiger partial charge in [-0.1, -0.05) is 0 Å². The summed E-state index contributed by atoms with van der Waals surface area (Å²) in [6, 6.07) is 0. The molecule has 0 bridgehead atoms. The maximum atomic E-state index is 5.53. The molecule has 1 aliphatic heterocycles. The van der Waals surface area contributed by atoms with Crippen molar-refractivity contribution in [3.8, 4) is 0 Å². The van der Waals surface area contributed by atoms with Gasteiger partial charge in [-0.05, 0) is 25.9 Å². The standard InChI is InChI=1S/C10H18N4.2ClH/c11-3-8-14-6-1-9(2-7-14)10-12-4-5-13-10;;/h4-5,9H,1-3,6-8,11H2,(H,12,13);2*1H. The summed E-state index contributed by atoms with van der Waals surface area (Å²) < 4.78 is 0. The van der Waals surface area contributed by atoms with E-state index in [0.29, 0.717) is 5.92 Å². The lowest BCUT2D eigenvalue weighted by atomic mass is 9.96. The number of nitrogens with two attached hydrogens (primary N) is 1. The predicted molar refractivity (Wildman–Crippen MR) is 70.6 cm³/mol. The highest BCUT2D eigenvalue weighted by atomic mass is 35.5. The van der Waals surface area contributed by atoms with Crippen LogP contribution in [0, 0.1) is 0 Å². The van der Waals surface area contributed by atoms with Crippen LogP contribution in [0.1, 0.15) is 24.6 Å². The number of H-pyrrole nitrogens is 1. The minimum Gasteiger partial charge on any atom is -0.348 e. The first-order chi connectivity index (χ1) is 6.90. The van der Waals surface area contributed by atoms with Gasteiger partial charge in [-0.2, -0.15) is 0 Å². The van der Waals surface area contributed by atoms with Gasteiger partial charge in [-0.15, -0.1) is 24.8 Å². The second kappa shape index (κ2) is 7.90. The van der Waals surface area contributed by atoms with Gasteiger partial charge in [0.25, 0.3) is 0 Å². The Morgan fingerprint density at radius 3 is 2.56 bits per heavy atom. The predicted octanol–water partition coefficient (Wildman–Crippen LogP) is 1.39. The van der Waals surface area contributed by atoms with Crippen molar-refractivity contribution in [3.05, 3.63) is 18.2 Å². The number of imidazole rings is 1. The van der Waals surface area contributed by atoms with Crippen molar-refractivity contribution in [3.63, 3.8) is 0 Å².